The summed E-state index contributed by atoms with van der Waals surface area (Å²) in [6.45, 7) is 0. The van der Waals surface area contributed by atoms with Crippen molar-refractivity contribution in [1.29, 1.82) is 0 Å². The van der Waals surface area contributed by atoms with Crippen LogP contribution in [0.2, 0.25) is 0 Å². The van der Waals surface area contributed by atoms with Gasteiger partial charge in [-0.1, -0.05) is 11.6 Å². The van der Waals surface area contributed by atoms with Gasteiger partial charge < -0.3 is 5.73 Å². The Morgan fingerprint density at radius 3 is 2.22 bits per heavy atom. The molecule has 0 unspecified atom stereocenters. The van der Waals surface area contributed by atoms with Crippen molar-refractivity contribution < 1.29 is 17.1 Å². The maximum absolute atomic E-state index is 5.44. The first-order valence-electron chi connectivity index (χ1n) is 5.33. The van der Waals surface area contributed by atoms with Crippen molar-refractivity contribution in [3.8, 4) is 11.3 Å². The normalized spacial score (nSPS) is 8.89. The van der Waals surface area contributed by atoms with Crippen LogP contribution in [-0.4, -0.2) is 9.97 Å². The molecule has 2 N–H and O–H groups in total. The van der Waals surface area contributed by atoms with E-state index in [1.165, 1.54) is 0 Å². The molecule has 18 heavy (non-hydrogen) atoms. The van der Waals surface area contributed by atoms with Crippen LogP contribution in [0.25, 0.3) is 11.3 Å². The Kier molecular flexibility index (Phi) is 5.85. The molecule has 0 bridgehead atoms. The Labute approximate surface area is 117 Å². The molecule has 3 nitrogen and oxygen atoms in total. The first kappa shape index (κ1) is 14.2. The number of nitrogens with zero attached hydrogens (tertiary/aromatic N) is 2. The van der Waals surface area contributed by atoms with Gasteiger partial charge in [-0.3, -0.25) is 0 Å². The zero-order valence-electron chi connectivity index (χ0n) is 9.68. The summed E-state index contributed by atoms with van der Waals surface area (Å²) in [4.78, 5) is 7.90. The molecule has 3 rings (SSSR count). The zero-order chi connectivity index (χ0) is 11.9. The molecule has 0 spiro atoms. The minimum absolute atomic E-state index is 0. The molecule has 3 aromatic rings. The van der Waals surface area contributed by atoms with E-state index in [0.29, 0.717) is 5.95 Å². The van der Waals surface area contributed by atoms with Gasteiger partial charge in [-0.25, -0.2) is 22.1 Å². The molecule has 0 radical (unpaired) electrons. The van der Waals surface area contributed by atoms with Gasteiger partial charge in [-0.15, -0.1) is 12.1 Å². The van der Waals surface area contributed by atoms with Gasteiger partial charge in [-0.05, 0) is 11.9 Å². The van der Waals surface area contributed by atoms with Crippen molar-refractivity contribution in [3.05, 3.63) is 66.9 Å². The van der Waals surface area contributed by atoms with Crippen LogP contribution in [-0.2, 0) is 17.1 Å². The SMILES string of the molecule is Nc1nccc(-[c-]2cccc2)n1.[Fe+2].c1cc[cH-]c1. The van der Waals surface area contributed by atoms with Crippen molar-refractivity contribution in [2.45, 2.75) is 0 Å². The van der Waals surface area contributed by atoms with Crippen LogP contribution in [0.15, 0.2) is 66.9 Å². The largest absolute Gasteiger partial charge is 2.00 e. The molecule has 0 aliphatic heterocycles. The second-order valence-corrected chi connectivity index (χ2v) is 3.44. The van der Waals surface area contributed by atoms with Gasteiger partial charge in [0.1, 0.15) is 0 Å². The van der Waals surface area contributed by atoms with Crippen molar-refractivity contribution in [3.63, 3.8) is 0 Å². The predicted molar refractivity (Wildman–Crippen MR) is 69.5 cm³/mol. The van der Waals surface area contributed by atoms with Crippen LogP contribution in [0.1, 0.15) is 0 Å². The fourth-order valence-electron chi connectivity index (χ4n) is 1.40. The van der Waals surface area contributed by atoms with Gasteiger partial charge in [-0.2, -0.15) is 30.3 Å². The standard InChI is InChI=1S/C9H8N3.C5H5.Fe/c10-9-11-6-5-8(12-9)7-3-1-2-4-7;1-2-4-5-3-1;/h1-6H,(H2,10,11,12);1-5H;/q2*-1;+2. The van der Waals surface area contributed by atoms with E-state index in [-0.39, 0.29) is 17.1 Å². The summed E-state index contributed by atoms with van der Waals surface area (Å²) in [7, 11) is 0. The fourth-order valence-corrected chi connectivity index (χ4v) is 1.40. The molecule has 92 valence electrons. The van der Waals surface area contributed by atoms with Crippen molar-refractivity contribution in [2.75, 3.05) is 5.73 Å². The van der Waals surface area contributed by atoms with E-state index >= 15 is 0 Å². The molecule has 0 aliphatic rings. The minimum Gasteiger partial charge on any atom is -0.368 e. The van der Waals surface area contributed by atoms with Crippen LogP contribution in [0.3, 0.4) is 0 Å². The topological polar surface area (TPSA) is 51.8 Å². The molecule has 0 amide bonds. The Morgan fingerprint density at radius 2 is 1.72 bits per heavy atom. The number of hydrogen-bond donors (Lipinski definition) is 1. The maximum atomic E-state index is 5.44. The summed E-state index contributed by atoms with van der Waals surface area (Å²) in [6, 6.07) is 19.7. The van der Waals surface area contributed by atoms with E-state index in [0.717, 1.165) is 11.3 Å². The Morgan fingerprint density at radius 1 is 1.06 bits per heavy atom. The molecular weight excluding hydrogens is 266 g/mol. The van der Waals surface area contributed by atoms with Crippen molar-refractivity contribution in [2.24, 2.45) is 0 Å². The van der Waals surface area contributed by atoms with Crippen LogP contribution < -0.4 is 5.73 Å². The monoisotopic (exact) mass is 279 g/mol. The van der Waals surface area contributed by atoms with Crippen LogP contribution >= 0.6 is 0 Å². The average Bonchev–Trinajstić information content (AvgIpc) is 3.06. The third-order valence-electron chi connectivity index (χ3n) is 2.19. The zero-order valence-corrected chi connectivity index (χ0v) is 10.8. The first-order valence-corrected chi connectivity index (χ1v) is 5.33. The number of hydrogen-bond acceptors (Lipinski definition) is 3. The third-order valence-corrected chi connectivity index (χ3v) is 2.19. The van der Waals surface area contributed by atoms with E-state index in [1.54, 1.807) is 6.20 Å². The number of rotatable bonds is 1. The Bertz CT molecular complexity index is 513. The number of nitrogens with two attached hydrogens (primary N) is 1. The number of aromatic nitrogens is 2. The Balaban J connectivity index is 0.000000230. The van der Waals surface area contributed by atoms with E-state index in [1.807, 2.05) is 60.7 Å². The van der Waals surface area contributed by atoms with E-state index in [2.05, 4.69) is 9.97 Å². The van der Waals surface area contributed by atoms with Gasteiger partial charge in [0.15, 0.2) is 0 Å². The van der Waals surface area contributed by atoms with Gasteiger partial charge >= 0.3 is 17.1 Å². The molecule has 1 heterocycles. The second-order valence-electron chi connectivity index (χ2n) is 3.44. The summed E-state index contributed by atoms with van der Waals surface area (Å²) in [6.07, 6.45) is 1.66. The summed E-state index contributed by atoms with van der Waals surface area (Å²) >= 11 is 0. The summed E-state index contributed by atoms with van der Waals surface area (Å²) in [5, 5.41) is 0. The van der Waals surface area contributed by atoms with Crippen LogP contribution in [0.5, 0.6) is 0 Å². The van der Waals surface area contributed by atoms with Crippen LogP contribution in [0.4, 0.5) is 5.95 Å². The second kappa shape index (κ2) is 7.43. The van der Waals surface area contributed by atoms with Gasteiger partial charge in [0.05, 0.1) is 0 Å². The van der Waals surface area contributed by atoms with E-state index < -0.39 is 0 Å². The number of nitrogen functional groups attached to an aromatic ring is 1. The molecule has 1 aromatic heterocycles. The summed E-state index contributed by atoms with van der Waals surface area (Å²) in [5.74, 6) is 0.314. The average molecular weight is 279 g/mol. The fraction of sp³-hybridized carbons (Fsp3) is 0. The van der Waals surface area contributed by atoms with Gasteiger partial charge in [0, 0.05) is 0 Å². The van der Waals surface area contributed by atoms with Crippen molar-refractivity contribution >= 4 is 5.95 Å². The van der Waals surface area contributed by atoms with Crippen molar-refractivity contribution in [1.82, 2.24) is 9.97 Å². The van der Waals surface area contributed by atoms with E-state index in [9.17, 15) is 0 Å². The smallest absolute Gasteiger partial charge is 0.368 e. The van der Waals surface area contributed by atoms with Crippen LogP contribution in [0, 0.1) is 0 Å². The minimum atomic E-state index is 0. The molecule has 0 aliphatic carbocycles. The van der Waals surface area contributed by atoms with Gasteiger partial charge in [0.2, 0.25) is 5.95 Å². The molecule has 0 atom stereocenters. The Hall–Kier alpha value is -1.90. The third kappa shape index (κ3) is 4.17. The summed E-state index contributed by atoms with van der Waals surface area (Å²) in [5.41, 5.74) is 7.38. The molecular formula is C14H13FeN3. The molecule has 0 saturated carbocycles. The summed E-state index contributed by atoms with van der Waals surface area (Å²) < 4.78 is 0. The predicted octanol–water partition coefficient (Wildman–Crippen LogP) is 2.85. The molecule has 0 saturated heterocycles. The quantitative estimate of drug-likeness (QED) is 0.550. The first-order chi connectivity index (χ1) is 8.36. The molecule has 2 aromatic carbocycles. The molecule has 4 heteroatoms. The number of anilines is 1. The maximum Gasteiger partial charge on any atom is 2.00 e. The molecule has 0 fully saturated rings. The van der Waals surface area contributed by atoms with Gasteiger partial charge in [0.25, 0.3) is 0 Å². The van der Waals surface area contributed by atoms with E-state index in [4.69, 9.17) is 5.73 Å².